The van der Waals surface area contributed by atoms with Crippen molar-refractivity contribution in [3.63, 3.8) is 0 Å². The number of carbonyl (C=O) groups is 1. The highest BCUT2D eigenvalue weighted by Crippen LogP contribution is 2.28. The van der Waals surface area contributed by atoms with Crippen molar-refractivity contribution in [3.05, 3.63) is 59.1 Å². The van der Waals surface area contributed by atoms with Gasteiger partial charge in [-0.3, -0.25) is 4.79 Å². The van der Waals surface area contributed by atoms with Crippen molar-refractivity contribution in [3.8, 4) is 17.5 Å². The Morgan fingerprint density at radius 2 is 2.03 bits per heavy atom. The normalized spacial score (nSPS) is 11.7. The van der Waals surface area contributed by atoms with Crippen molar-refractivity contribution in [2.24, 2.45) is 0 Å². The van der Waals surface area contributed by atoms with Gasteiger partial charge in [-0.1, -0.05) is 36.4 Å². The van der Waals surface area contributed by atoms with E-state index in [1.54, 1.807) is 24.3 Å². The number of anilines is 1. The van der Waals surface area contributed by atoms with E-state index in [1.165, 1.54) is 11.8 Å². The van der Waals surface area contributed by atoms with E-state index in [0.717, 1.165) is 24.4 Å². The number of carbonyl (C=O) groups excluding carboxylic acids is 1. The Morgan fingerprint density at radius 1 is 1.28 bits per heavy atom. The Balaban J connectivity index is 1.77. The van der Waals surface area contributed by atoms with Gasteiger partial charge >= 0.3 is 0 Å². The Labute approximate surface area is 178 Å². The van der Waals surface area contributed by atoms with Gasteiger partial charge in [-0.25, -0.2) is 0 Å². The number of thioether (sulfide) groups is 1. The first-order valence-corrected chi connectivity index (χ1v) is 10.4. The Bertz CT molecular complexity index is 1040. The van der Waals surface area contributed by atoms with Crippen LogP contribution in [0, 0.1) is 11.3 Å². The molecule has 1 aromatic heterocycles. The summed E-state index contributed by atoms with van der Waals surface area (Å²) in [6.07, 6.45) is 0.910. The number of amides is 1. The number of nitrogens with zero attached hydrogens (tertiary/aromatic N) is 4. The molecule has 8 heteroatoms. The maximum Gasteiger partial charge on any atom is 0.237 e. The number of nitriles is 1. The molecule has 148 valence electrons. The lowest BCUT2D eigenvalue weighted by Crippen LogP contribution is -2.23. The summed E-state index contributed by atoms with van der Waals surface area (Å²) in [4.78, 5) is 12.6. The molecular weight excluding hydrogens is 406 g/mol. The van der Waals surface area contributed by atoms with E-state index in [0.29, 0.717) is 21.4 Å². The summed E-state index contributed by atoms with van der Waals surface area (Å²) in [6, 6.07) is 16.4. The number of benzene rings is 2. The quantitative estimate of drug-likeness (QED) is 0.538. The van der Waals surface area contributed by atoms with Gasteiger partial charge in [-0.2, -0.15) is 5.26 Å². The van der Waals surface area contributed by atoms with Crippen molar-refractivity contribution in [2.45, 2.75) is 37.2 Å². The molecule has 0 aliphatic carbocycles. The zero-order valence-corrected chi connectivity index (χ0v) is 17.7. The highest BCUT2D eigenvalue weighted by atomic mass is 35.5. The molecule has 6 nitrogen and oxygen atoms in total. The number of hydrogen-bond donors (Lipinski definition) is 1. The van der Waals surface area contributed by atoms with E-state index < -0.39 is 5.25 Å². The van der Waals surface area contributed by atoms with Crippen LogP contribution in [0.4, 0.5) is 5.69 Å². The van der Waals surface area contributed by atoms with E-state index >= 15 is 0 Å². The molecule has 0 unspecified atom stereocenters. The van der Waals surface area contributed by atoms with Crippen molar-refractivity contribution in [1.29, 1.82) is 5.26 Å². The van der Waals surface area contributed by atoms with Crippen LogP contribution in [0.5, 0.6) is 0 Å². The molecule has 0 fully saturated rings. The summed E-state index contributed by atoms with van der Waals surface area (Å²) in [5, 5.41) is 21.5. The first kappa shape index (κ1) is 20.9. The summed E-state index contributed by atoms with van der Waals surface area (Å²) in [6.45, 7) is 4.64. The minimum absolute atomic E-state index is 0.163. The average molecular weight is 426 g/mol. The zero-order valence-electron chi connectivity index (χ0n) is 16.1. The molecule has 2 aromatic carbocycles. The lowest BCUT2D eigenvalue weighted by Gasteiger charge is -2.13. The first-order valence-electron chi connectivity index (χ1n) is 9.18. The molecule has 3 aromatic rings. The number of halogens is 1. The monoisotopic (exact) mass is 425 g/mol. The van der Waals surface area contributed by atoms with Gasteiger partial charge in [-0.05, 0) is 55.8 Å². The largest absolute Gasteiger partial charge is 0.325 e. The third-order valence-corrected chi connectivity index (χ3v) is 5.51. The summed E-state index contributed by atoms with van der Waals surface area (Å²) in [5.41, 5.74) is 2.02. The molecule has 0 radical (unpaired) electrons. The highest BCUT2D eigenvalue weighted by Gasteiger charge is 2.21. The Hall–Kier alpha value is -2.82. The third kappa shape index (κ3) is 5.17. The number of nitrogens with one attached hydrogen (secondary N) is 1. The predicted molar refractivity (Wildman–Crippen MR) is 116 cm³/mol. The molecule has 0 aliphatic heterocycles. The molecule has 1 amide bonds. The van der Waals surface area contributed by atoms with E-state index in [9.17, 15) is 4.79 Å². The maximum absolute atomic E-state index is 12.6. The van der Waals surface area contributed by atoms with Crippen molar-refractivity contribution >= 4 is 35.0 Å². The lowest BCUT2D eigenvalue weighted by molar-refractivity contribution is -0.115. The number of aromatic nitrogens is 3. The molecule has 0 saturated carbocycles. The minimum Gasteiger partial charge on any atom is -0.325 e. The van der Waals surface area contributed by atoms with Crippen LogP contribution in [-0.4, -0.2) is 25.9 Å². The van der Waals surface area contributed by atoms with Gasteiger partial charge in [0.2, 0.25) is 5.91 Å². The summed E-state index contributed by atoms with van der Waals surface area (Å²) >= 11 is 7.34. The van der Waals surface area contributed by atoms with Crippen LogP contribution >= 0.6 is 23.4 Å². The van der Waals surface area contributed by atoms with Crippen LogP contribution in [-0.2, 0) is 11.3 Å². The molecule has 0 bridgehead atoms. The van der Waals surface area contributed by atoms with Gasteiger partial charge in [0.25, 0.3) is 0 Å². The topological polar surface area (TPSA) is 83.6 Å². The smallest absolute Gasteiger partial charge is 0.237 e. The highest BCUT2D eigenvalue weighted by molar-refractivity contribution is 8.00. The predicted octanol–water partition coefficient (Wildman–Crippen LogP) is 5.00. The van der Waals surface area contributed by atoms with E-state index in [4.69, 9.17) is 16.9 Å². The second-order valence-corrected chi connectivity index (χ2v) is 8.15. The van der Waals surface area contributed by atoms with Crippen LogP contribution < -0.4 is 5.32 Å². The standard InChI is InChI=1S/C21H20ClN5OS/c1-3-11-27-19(16-7-9-17(22)10-8-16)25-26-21(27)29-14(2)20(28)24-18-6-4-5-15(12-18)13-23/h4-10,12,14H,3,11H2,1-2H3,(H,24,28)/t14-/m1/s1. The molecule has 1 N–H and O–H groups in total. The first-order chi connectivity index (χ1) is 14.0. The van der Waals surface area contributed by atoms with E-state index in [1.807, 2.05) is 35.8 Å². The van der Waals surface area contributed by atoms with Crippen LogP contribution in [0.25, 0.3) is 11.4 Å². The Morgan fingerprint density at radius 3 is 2.72 bits per heavy atom. The molecule has 3 rings (SSSR count). The number of hydrogen-bond acceptors (Lipinski definition) is 5. The molecule has 0 saturated heterocycles. The SMILES string of the molecule is CCCn1c(S[C@H](C)C(=O)Nc2cccc(C#N)c2)nnc1-c1ccc(Cl)cc1. The van der Waals surface area contributed by atoms with Gasteiger partial charge in [0.05, 0.1) is 16.9 Å². The second-order valence-electron chi connectivity index (χ2n) is 6.41. The molecule has 1 heterocycles. The number of rotatable bonds is 7. The molecule has 0 spiro atoms. The van der Waals surface area contributed by atoms with Crippen LogP contribution in [0.3, 0.4) is 0 Å². The minimum atomic E-state index is -0.390. The lowest BCUT2D eigenvalue weighted by atomic mass is 10.2. The van der Waals surface area contributed by atoms with Crippen LogP contribution in [0.2, 0.25) is 5.02 Å². The summed E-state index contributed by atoms with van der Waals surface area (Å²) < 4.78 is 2.02. The van der Waals surface area contributed by atoms with Gasteiger partial charge < -0.3 is 9.88 Å². The fourth-order valence-corrected chi connectivity index (χ4v) is 3.74. The van der Waals surface area contributed by atoms with Gasteiger partial charge in [0, 0.05) is 22.8 Å². The fraction of sp³-hybridized carbons (Fsp3) is 0.238. The zero-order chi connectivity index (χ0) is 20.8. The average Bonchev–Trinajstić information content (AvgIpc) is 3.11. The van der Waals surface area contributed by atoms with E-state index in [-0.39, 0.29) is 5.91 Å². The van der Waals surface area contributed by atoms with Gasteiger partial charge in [-0.15, -0.1) is 10.2 Å². The van der Waals surface area contributed by atoms with Crippen LogP contribution in [0.15, 0.2) is 53.7 Å². The third-order valence-electron chi connectivity index (χ3n) is 4.18. The molecule has 29 heavy (non-hydrogen) atoms. The fourth-order valence-electron chi connectivity index (χ4n) is 2.74. The molecule has 1 atom stereocenters. The van der Waals surface area contributed by atoms with Crippen molar-refractivity contribution in [1.82, 2.24) is 14.8 Å². The van der Waals surface area contributed by atoms with Gasteiger partial charge in [0.1, 0.15) is 0 Å². The summed E-state index contributed by atoms with van der Waals surface area (Å²) in [7, 11) is 0. The summed E-state index contributed by atoms with van der Waals surface area (Å²) in [5.74, 6) is 0.588. The van der Waals surface area contributed by atoms with Crippen LogP contribution in [0.1, 0.15) is 25.8 Å². The Kier molecular flexibility index (Phi) is 6.91. The van der Waals surface area contributed by atoms with Gasteiger partial charge in [0.15, 0.2) is 11.0 Å². The second kappa shape index (κ2) is 9.59. The van der Waals surface area contributed by atoms with E-state index in [2.05, 4.69) is 28.5 Å². The van der Waals surface area contributed by atoms with Crippen molar-refractivity contribution in [2.75, 3.05) is 5.32 Å². The maximum atomic E-state index is 12.6. The molecule has 0 aliphatic rings. The van der Waals surface area contributed by atoms with Crippen molar-refractivity contribution < 1.29 is 4.79 Å². The molecular formula is C21H20ClN5OS.